The summed E-state index contributed by atoms with van der Waals surface area (Å²) >= 11 is 11.1. The van der Waals surface area contributed by atoms with Crippen LogP contribution in [0.25, 0.3) is 0 Å². The van der Waals surface area contributed by atoms with Gasteiger partial charge in [0.2, 0.25) is 0 Å². The second kappa shape index (κ2) is 3.81. The van der Waals surface area contributed by atoms with Crippen LogP contribution in [0.1, 0.15) is 13.3 Å². The summed E-state index contributed by atoms with van der Waals surface area (Å²) in [5.41, 5.74) is 0. The molecule has 5 heteroatoms. The molecule has 0 aromatic carbocycles. The molecule has 0 aromatic rings. The van der Waals surface area contributed by atoms with Gasteiger partial charge < -0.3 is 10.1 Å². The van der Waals surface area contributed by atoms with Gasteiger partial charge in [-0.1, -0.05) is 23.2 Å². The van der Waals surface area contributed by atoms with Crippen LogP contribution in [0, 0.1) is 0 Å². The zero-order chi connectivity index (χ0) is 9.19. The van der Waals surface area contributed by atoms with Crippen LogP contribution < -0.4 is 5.32 Å². The number of nitrogens with one attached hydrogen (secondary N) is 1. The quantitative estimate of drug-likeness (QED) is 0.695. The van der Waals surface area contributed by atoms with E-state index in [0.717, 1.165) is 6.42 Å². The molecule has 1 aliphatic rings. The van der Waals surface area contributed by atoms with E-state index >= 15 is 0 Å². The molecule has 1 rings (SSSR count). The van der Waals surface area contributed by atoms with Crippen LogP contribution in [0.4, 0.5) is 0 Å². The van der Waals surface area contributed by atoms with Crippen molar-refractivity contribution in [1.82, 2.24) is 5.32 Å². The molecule has 70 valence electrons. The first-order valence-electron chi connectivity index (χ1n) is 3.76. The van der Waals surface area contributed by atoms with Crippen molar-refractivity contribution >= 4 is 29.1 Å². The van der Waals surface area contributed by atoms with Gasteiger partial charge in [-0.3, -0.25) is 4.79 Å². The average molecular weight is 212 g/mol. The van der Waals surface area contributed by atoms with Crippen molar-refractivity contribution in [3.8, 4) is 0 Å². The topological polar surface area (TPSA) is 38.3 Å². The van der Waals surface area contributed by atoms with Gasteiger partial charge in [0.1, 0.15) is 0 Å². The first-order valence-corrected chi connectivity index (χ1v) is 4.52. The molecule has 0 aromatic heterocycles. The molecule has 0 radical (unpaired) electrons. The highest BCUT2D eigenvalue weighted by atomic mass is 35.5. The molecule has 3 nitrogen and oxygen atoms in total. The van der Waals surface area contributed by atoms with Crippen LogP contribution in [0.3, 0.4) is 0 Å². The average Bonchev–Trinajstić information content (AvgIpc) is 2.37. The van der Waals surface area contributed by atoms with Crippen LogP contribution in [-0.4, -0.2) is 29.5 Å². The lowest BCUT2D eigenvalue weighted by Crippen LogP contribution is -2.42. The molecule has 0 saturated carbocycles. The van der Waals surface area contributed by atoms with Crippen molar-refractivity contribution in [2.24, 2.45) is 0 Å². The summed E-state index contributed by atoms with van der Waals surface area (Å²) < 4.78 is 3.73. The number of alkyl halides is 2. The first-order chi connectivity index (χ1) is 5.50. The van der Waals surface area contributed by atoms with Crippen LogP contribution in [0.5, 0.6) is 0 Å². The van der Waals surface area contributed by atoms with E-state index in [4.69, 9.17) is 27.9 Å². The van der Waals surface area contributed by atoms with Gasteiger partial charge in [-0.25, -0.2) is 0 Å². The van der Waals surface area contributed by atoms with E-state index in [1.54, 1.807) is 0 Å². The highest BCUT2D eigenvalue weighted by Crippen LogP contribution is 2.20. The smallest absolute Gasteiger partial charge is 0.256 e. The van der Waals surface area contributed by atoms with Crippen LogP contribution in [0.2, 0.25) is 0 Å². The van der Waals surface area contributed by atoms with E-state index in [9.17, 15) is 4.79 Å². The van der Waals surface area contributed by atoms with Crippen LogP contribution in [0.15, 0.2) is 0 Å². The minimum atomic E-state index is -1.34. The summed E-state index contributed by atoms with van der Waals surface area (Å²) in [6.07, 6.45) is 0.829. The molecule has 1 N–H and O–H groups in total. The van der Waals surface area contributed by atoms with Crippen molar-refractivity contribution in [2.75, 3.05) is 13.2 Å². The summed E-state index contributed by atoms with van der Waals surface area (Å²) in [4.78, 5) is 11.2. The molecule has 0 bridgehead atoms. The van der Waals surface area contributed by atoms with Gasteiger partial charge in [0.15, 0.2) is 4.33 Å². The predicted molar refractivity (Wildman–Crippen MR) is 47.5 cm³/mol. The number of amides is 1. The molecule has 1 aliphatic heterocycles. The minimum absolute atomic E-state index is 0.0642. The Bertz CT molecular complexity index is 173. The number of carbonyl (C=O) groups excluding carboxylic acids is 1. The Labute approximate surface area is 81.4 Å². The first kappa shape index (κ1) is 10.1. The maximum absolute atomic E-state index is 11.2. The third kappa shape index (κ3) is 2.81. The highest BCUT2D eigenvalue weighted by Gasteiger charge is 2.30. The Morgan fingerprint density at radius 1 is 1.67 bits per heavy atom. The van der Waals surface area contributed by atoms with E-state index in [1.807, 2.05) is 0 Å². The number of carbonyl (C=O) groups is 1. The van der Waals surface area contributed by atoms with Crippen molar-refractivity contribution < 1.29 is 9.53 Å². The number of rotatable bonds is 2. The fraction of sp³-hybridized carbons (Fsp3) is 0.857. The van der Waals surface area contributed by atoms with Crippen molar-refractivity contribution in [2.45, 2.75) is 23.7 Å². The van der Waals surface area contributed by atoms with E-state index in [1.165, 1.54) is 6.92 Å². The second-order valence-electron chi connectivity index (χ2n) is 2.92. The van der Waals surface area contributed by atoms with Gasteiger partial charge in [0, 0.05) is 6.61 Å². The number of hydrogen-bond acceptors (Lipinski definition) is 2. The molecule has 1 saturated heterocycles. The molecule has 1 unspecified atom stereocenters. The summed E-state index contributed by atoms with van der Waals surface area (Å²) in [5.74, 6) is -0.360. The molecule has 1 atom stereocenters. The molecule has 0 spiro atoms. The van der Waals surface area contributed by atoms with E-state index < -0.39 is 4.33 Å². The van der Waals surface area contributed by atoms with Crippen LogP contribution >= 0.6 is 23.2 Å². The lowest BCUT2D eigenvalue weighted by molar-refractivity contribution is -0.122. The normalized spacial score (nSPS) is 24.1. The maximum Gasteiger partial charge on any atom is 0.256 e. The molecule has 0 aliphatic carbocycles. The number of ether oxygens (including phenoxy) is 1. The third-order valence-corrected chi connectivity index (χ3v) is 2.01. The summed E-state index contributed by atoms with van der Waals surface area (Å²) in [7, 11) is 0. The zero-order valence-corrected chi connectivity index (χ0v) is 8.28. The Balaban J connectivity index is 2.35. The maximum atomic E-state index is 11.2. The molecular formula is C7H11Cl2NO2. The largest absolute Gasteiger partial charge is 0.379 e. The molecule has 1 fully saturated rings. The lowest BCUT2D eigenvalue weighted by atomic mass is 10.2. The van der Waals surface area contributed by atoms with Gasteiger partial charge >= 0.3 is 0 Å². The summed E-state index contributed by atoms with van der Waals surface area (Å²) in [5, 5.41) is 2.69. The van der Waals surface area contributed by atoms with Crippen LogP contribution in [-0.2, 0) is 9.53 Å². The summed E-state index contributed by atoms with van der Waals surface area (Å²) in [6, 6.07) is 0.0642. The van der Waals surface area contributed by atoms with E-state index in [0.29, 0.717) is 13.2 Å². The van der Waals surface area contributed by atoms with Crippen molar-refractivity contribution in [3.63, 3.8) is 0 Å². The fourth-order valence-corrected chi connectivity index (χ4v) is 1.07. The fourth-order valence-electron chi connectivity index (χ4n) is 0.960. The molecule has 1 heterocycles. The number of halogens is 2. The standard InChI is InChI=1S/C7H11Cl2NO2/c1-7(8,9)6(11)10-5-2-3-12-4-5/h5H,2-4H2,1H3,(H,10,11). The minimum Gasteiger partial charge on any atom is -0.379 e. The van der Waals surface area contributed by atoms with E-state index in [-0.39, 0.29) is 11.9 Å². The van der Waals surface area contributed by atoms with Gasteiger partial charge in [-0.2, -0.15) is 0 Å². The van der Waals surface area contributed by atoms with E-state index in [2.05, 4.69) is 5.32 Å². The second-order valence-corrected chi connectivity index (χ2v) is 4.63. The molecular weight excluding hydrogens is 201 g/mol. The van der Waals surface area contributed by atoms with Gasteiger partial charge in [0.25, 0.3) is 5.91 Å². The Morgan fingerprint density at radius 3 is 2.75 bits per heavy atom. The number of hydrogen-bond donors (Lipinski definition) is 1. The predicted octanol–water partition coefficient (Wildman–Crippen LogP) is 1.09. The lowest BCUT2D eigenvalue weighted by Gasteiger charge is -2.16. The monoisotopic (exact) mass is 211 g/mol. The zero-order valence-electron chi connectivity index (χ0n) is 6.77. The Morgan fingerprint density at radius 2 is 2.33 bits per heavy atom. The molecule has 12 heavy (non-hydrogen) atoms. The van der Waals surface area contributed by atoms with Crippen molar-refractivity contribution in [3.05, 3.63) is 0 Å². The van der Waals surface area contributed by atoms with Gasteiger partial charge in [-0.15, -0.1) is 0 Å². The Kier molecular flexibility index (Phi) is 3.21. The van der Waals surface area contributed by atoms with Crippen molar-refractivity contribution in [1.29, 1.82) is 0 Å². The third-order valence-electron chi connectivity index (χ3n) is 1.66. The SMILES string of the molecule is CC(Cl)(Cl)C(=O)NC1CCOC1. The summed E-state index contributed by atoms with van der Waals surface area (Å²) in [6.45, 7) is 2.68. The highest BCUT2D eigenvalue weighted by molar-refractivity contribution is 6.57. The Hall–Kier alpha value is 0.01000. The molecule has 1 amide bonds. The van der Waals surface area contributed by atoms with Gasteiger partial charge in [0.05, 0.1) is 12.6 Å². The van der Waals surface area contributed by atoms with Gasteiger partial charge in [-0.05, 0) is 13.3 Å².